The number of hydrogen-bond acceptors (Lipinski definition) is 4. The normalized spacial score (nSPS) is 16.5. The molecule has 3 rings (SSSR count). The Morgan fingerprint density at radius 1 is 1.25 bits per heavy atom. The van der Waals surface area contributed by atoms with E-state index < -0.39 is 0 Å². The van der Waals surface area contributed by atoms with Gasteiger partial charge in [0.15, 0.2) is 0 Å². The lowest BCUT2D eigenvalue weighted by Gasteiger charge is -2.34. The number of hydrogen-bond donors (Lipinski definition) is 2. The predicted octanol–water partition coefficient (Wildman–Crippen LogP) is 3.60. The molecule has 0 saturated carbocycles. The molecule has 0 bridgehead atoms. The predicted molar refractivity (Wildman–Crippen MR) is 97.9 cm³/mol. The highest BCUT2D eigenvalue weighted by molar-refractivity contribution is 7.10. The lowest BCUT2D eigenvalue weighted by molar-refractivity contribution is 0.0175. The zero-order valence-corrected chi connectivity index (χ0v) is 14.8. The van der Waals surface area contributed by atoms with Crippen LogP contribution >= 0.6 is 22.9 Å². The molecule has 1 aromatic carbocycles. The van der Waals surface area contributed by atoms with Gasteiger partial charge in [-0.2, -0.15) is 0 Å². The molecule has 2 amide bonds. The van der Waals surface area contributed by atoms with Crippen molar-refractivity contribution in [3.8, 4) is 0 Å². The highest BCUT2D eigenvalue weighted by Crippen LogP contribution is 2.25. The fourth-order valence-electron chi connectivity index (χ4n) is 2.68. The van der Waals surface area contributed by atoms with Gasteiger partial charge in [-0.3, -0.25) is 4.90 Å². The van der Waals surface area contributed by atoms with E-state index in [-0.39, 0.29) is 12.1 Å². The third kappa shape index (κ3) is 4.70. The molecular formula is C17H20ClN3O2S. The summed E-state index contributed by atoms with van der Waals surface area (Å²) in [6.45, 7) is 3.78. The lowest BCUT2D eigenvalue weighted by atomic mass is 10.2. The van der Waals surface area contributed by atoms with Crippen molar-refractivity contribution < 1.29 is 9.53 Å². The Morgan fingerprint density at radius 2 is 2.00 bits per heavy atom. The van der Waals surface area contributed by atoms with Gasteiger partial charge in [0, 0.05) is 35.2 Å². The second-order valence-corrected chi connectivity index (χ2v) is 6.94. The van der Waals surface area contributed by atoms with E-state index in [0.29, 0.717) is 11.6 Å². The number of carbonyl (C=O) groups excluding carboxylic acids is 1. The Bertz CT molecular complexity index is 642. The fraction of sp³-hybridized carbons (Fsp3) is 0.353. The van der Waals surface area contributed by atoms with Crippen molar-refractivity contribution in [1.29, 1.82) is 0 Å². The molecule has 0 spiro atoms. The number of nitrogens with zero attached hydrogens (tertiary/aromatic N) is 1. The average Bonchev–Trinajstić information content (AvgIpc) is 3.12. The van der Waals surface area contributed by atoms with Gasteiger partial charge in [0.05, 0.1) is 19.3 Å². The molecule has 7 heteroatoms. The van der Waals surface area contributed by atoms with Gasteiger partial charge in [-0.05, 0) is 35.7 Å². The maximum Gasteiger partial charge on any atom is 0.319 e. The summed E-state index contributed by atoms with van der Waals surface area (Å²) in [7, 11) is 0. The van der Waals surface area contributed by atoms with Crippen LogP contribution in [0.15, 0.2) is 41.8 Å². The van der Waals surface area contributed by atoms with E-state index in [2.05, 4.69) is 27.0 Å². The molecule has 2 heterocycles. The number of benzene rings is 1. The van der Waals surface area contributed by atoms with Crippen molar-refractivity contribution >= 4 is 34.7 Å². The van der Waals surface area contributed by atoms with Gasteiger partial charge in [-0.15, -0.1) is 11.3 Å². The summed E-state index contributed by atoms with van der Waals surface area (Å²) < 4.78 is 5.43. The molecule has 1 aromatic heterocycles. The zero-order valence-electron chi connectivity index (χ0n) is 13.2. The van der Waals surface area contributed by atoms with Gasteiger partial charge < -0.3 is 15.4 Å². The molecule has 128 valence electrons. The van der Waals surface area contributed by atoms with Crippen LogP contribution in [0, 0.1) is 0 Å². The van der Waals surface area contributed by atoms with Crippen molar-refractivity contribution in [2.45, 2.75) is 6.04 Å². The van der Waals surface area contributed by atoms with Crippen LogP contribution in [0.5, 0.6) is 0 Å². The van der Waals surface area contributed by atoms with E-state index in [4.69, 9.17) is 16.3 Å². The van der Waals surface area contributed by atoms with Gasteiger partial charge >= 0.3 is 6.03 Å². The first kappa shape index (κ1) is 17.2. The van der Waals surface area contributed by atoms with Crippen molar-refractivity contribution in [2.75, 3.05) is 38.2 Å². The number of halogens is 1. The first-order valence-corrected chi connectivity index (χ1v) is 9.14. The summed E-state index contributed by atoms with van der Waals surface area (Å²) in [6, 6.07) is 11.2. The summed E-state index contributed by atoms with van der Waals surface area (Å²) in [5.74, 6) is 0. The maximum atomic E-state index is 12.2. The number of morpholine rings is 1. The minimum atomic E-state index is -0.216. The van der Waals surface area contributed by atoms with E-state index in [1.54, 1.807) is 35.6 Å². The highest BCUT2D eigenvalue weighted by Gasteiger charge is 2.23. The highest BCUT2D eigenvalue weighted by atomic mass is 35.5. The molecular weight excluding hydrogens is 346 g/mol. The van der Waals surface area contributed by atoms with Crippen LogP contribution in [0.3, 0.4) is 0 Å². The standard InChI is InChI=1S/C17H20ClN3O2S/c18-13-3-5-14(6-4-13)20-17(22)19-12-15(16-2-1-11-24-16)21-7-9-23-10-8-21/h1-6,11,15H,7-10,12H2,(H2,19,20,22)/t15-/m0/s1. The number of urea groups is 1. The summed E-state index contributed by atoms with van der Waals surface area (Å²) in [5.41, 5.74) is 0.718. The first-order valence-electron chi connectivity index (χ1n) is 7.88. The van der Waals surface area contributed by atoms with E-state index in [9.17, 15) is 4.79 Å². The molecule has 1 aliphatic heterocycles. The summed E-state index contributed by atoms with van der Waals surface area (Å²) in [5, 5.41) is 8.51. The van der Waals surface area contributed by atoms with E-state index in [0.717, 1.165) is 32.0 Å². The monoisotopic (exact) mass is 365 g/mol. The van der Waals surface area contributed by atoms with Crippen molar-refractivity contribution in [3.05, 3.63) is 51.7 Å². The van der Waals surface area contributed by atoms with Crippen molar-refractivity contribution in [2.24, 2.45) is 0 Å². The number of ether oxygens (including phenoxy) is 1. The van der Waals surface area contributed by atoms with Crippen molar-refractivity contribution in [1.82, 2.24) is 10.2 Å². The van der Waals surface area contributed by atoms with Crippen LogP contribution in [0.4, 0.5) is 10.5 Å². The SMILES string of the molecule is O=C(NC[C@@H](c1cccs1)N1CCOCC1)Nc1ccc(Cl)cc1. The molecule has 0 unspecified atom stereocenters. The molecule has 0 aliphatic carbocycles. The summed E-state index contributed by atoms with van der Waals surface area (Å²) >= 11 is 7.56. The number of carbonyl (C=O) groups is 1. The van der Waals surface area contributed by atoms with E-state index in [1.165, 1.54) is 4.88 Å². The van der Waals surface area contributed by atoms with E-state index >= 15 is 0 Å². The second kappa shape index (κ2) is 8.48. The van der Waals surface area contributed by atoms with Gasteiger partial charge in [-0.25, -0.2) is 4.79 Å². The number of rotatable bonds is 5. The molecule has 5 nitrogen and oxygen atoms in total. The van der Waals surface area contributed by atoms with Crippen LogP contribution in [-0.2, 0) is 4.74 Å². The van der Waals surface area contributed by atoms with Crippen LogP contribution < -0.4 is 10.6 Å². The van der Waals surface area contributed by atoms with Gasteiger partial charge in [0.25, 0.3) is 0 Å². The molecule has 2 aromatic rings. The van der Waals surface area contributed by atoms with E-state index in [1.807, 2.05) is 6.07 Å². The molecule has 1 aliphatic rings. The molecule has 1 atom stereocenters. The third-order valence-corrected chi connectivity index (χ3v) is 5.14. The summed E-state index contributed by atoms with van der Waals surface area (Å²) in [6.07, 6.45) is 0. The molecule has 2 N–H and O–H groups in total. The quantitative estimate of drug-likeness (QED) is 0.851. The Morgan fingerprint density at radius 3 is 2.67 bits per heavy atom. The maximum absolute atomic E-state index is 12.2. The Hall–Kier alpha value is -1.60. The van der Waals surface area contributed by atoms with Crippen LogP contribution in [0.1, 0.15) is 10.9 Å². The molecule has 1 fully saturated rings. The number of thiophene rings is 1. The van der Waals surface area contributed by atoms with Crippen LogP contribution in [0.25, 0.3) is 0 Å². The second-order valence-electron chi connectivity index (χ2n) is 5.52. The van der Waals surface area contributed by atoms with Gasteiger partial charge in [0.2, 0.25) is 0 Å². The fourth-order valence-corrected chi connectivity index (χ4v) is 3.66. The van der Waals surface area contributed by atoms with Gasteiger partial charge in [0.1, 0.15) is 0 Å². The first-order chi connectivity index (χ1) is 11.7. The summed E-state index contributed by atoms with van der Waals surface area (Å²) in [4.78, 5) is 15.8. The van der Waals surface area contributed by atoms with Crippen LogP contribution in [-0.4, -0.2) is 43.8 Å². The zero-order chi connectivity index (χ0) is 16.8. The minimum Gasteiger partial charge on any atom is -0.379 e. The molecule has 0 radical (unpaired) electrons. The Labute approximate surface area is 150 Å². The lowest BCUT2D eigenvalue weighted by Crippen LogP contribution is -2.44. The largest absolute Gasteiger partial charge is 0.379 e. The minimum absolute atomic E-state index is 0.171. The Kier molecular flexibility index (Phi) is 6.09. The molecule has 1 saturated heterocycles. The number of anilines is 1. The molecule has 24 heavy (non-hydrogen) atoms. The number of nitrogens with one attached hydrogen (secondary N) is 2. The Balaban J connectivity index is 1.58. The third-order valence-electron chi connectivity index (χ3n) is 3.92. The smallest absolute Gasteiger partial charge is 0.319 e. The number of amides is 2. The topological polar surface area (TPSA) is 53.6 Å². The van der Waals surface area contributed by atoms with Gasteiger partial charge in [-0.1, -0.05) is 17.7 Å². The van der Waals surface area contributed by atoms with Crippen LogP contribution in [0.2, 0.25) is 5.02 Å². The van der Waals surface area contributed by atoms with Crippen molar-refractivity contribution in [3.63, 3.8) is 0 Å². The average molecular weight is 366 g/mol.